The van der Waals surface area contributed by atoms with Crippen LogP contribution in [0.3, 0.4) is 0 Å². The number of amides is 1. The van der Waals surface area contributed by atoms with Crippen LogP contribution in [-0.4, -0.2) is 32.7 Å². The fourth-order valence-corrected chi connectivity index (χ4v) is 1.24. The first-order valence-electron chi connectivity index (χ1n) is 5.07. The molecule has 0 saturated heterocycles. The standard InChI is InChI=1S/C10H11N5O2/c1-2-17-12-10(16)8-3-5-9(6-4-8)15-7-11-13-14-15/h3-7H,2H2,1H3,(H,12,16). The molecule has 7 nitrogen and oxygen atoms in total. The summed E-state index contributed by atoms with van der Waals surface area (Å²) in [6.45, 7) is 2.22. The van der Waals surface area contributed by atoms with Crippen LogP contribution in [0.15, 0.2) is 30.6 Å². The Morgan fingerprint density at radius 1 is 1.41 bits per heavy atom. The van der Waals surface area contributed by atoms with Crippen molar-refractivity contribution in [2.45, 2.75) is 6.92 Å². The van der Waals surface area contributed by atoms with Gasteiger partial charge in [0.2, 0.25) is 0 Å². The van der Waals surface area contributed by atoms with Crippen LogP contribution in [0, 0.1) is 0 Å². The Bertz CT molecular complexity index is 480. The quantitative estimate of drug-likeness (QED) is 0.770. The van der Waals surface area contributed by atoms with Crippen LogP contribution in [0.4, 0.5) is 0 Å². The van der Waals surface area contributed by atoms with E-state index in [-0.39, 0.29) is 5.91 Å². The molecule has 0 aliphatic carbocycles. The lowest BCUT2D eigenvalue weighted by Crippen LogP contribution is -2.23. The topological polar surface area (TPSA) is 81.9 Å². The summed E-state index contributed by atoms with van der Waals surface area (Å²) in [6.07, 6.45) is 1.48. The summed E-state index contributed by atoms with van der Waals surface area (Å²) in [7, 11) is 0. The minimum Gasteiger partial charge on any atom is -0.274 e. The molecule has 0 bridgehead atoms. The average Bonchev–Trinajstić information content (AvgIpc) is 2.90. The highest BCUT2D eigenvalue weighted by Gasteiger charge is 2.05. The Morgan fingerprint density at radius 3 is 2.76 bits per heavy atom. The number of hydrogen-bond acceptors (Lipinski definition) is 5. The Hall–Kier alpha value is -2.28. The minimum atomic E-state index is -0.282. The number of hydroxylamine groups is 1. The van der Waals surface area contributed by atoms with Gasteiger partial charge in [0.25, 0.3) is 5.91 Å². The molecule has 7 heteroatoms. The molecule has 2 aromatic rings. The van der Waals surface area contributed by atoms with E-state index in [1.807, 2.05) is 0 Å². The van der Waals surface area contributed by atoms with Crippen LogP contribution in [0.2, 0.25) is 0 Å². The van der Waals surface area contributed by atoms with Crippen LogP contribution < -0.4 is 5.48 Å². The van der Waals surface area contributed by atoms with E-state index in [0.717, 1.165) is 5.69 Å². The highest BCUT2D eigenvalue weighted by atomic mass is 16.6. The van der Waals surface area contributed by atoms with E-state index in [9.17, 15) is 4.79 Å². The Kier molecular flexibility index (Phi) is 3.41. The van der Waals surface area contributed by atoms with Gasteiger partial charge in [0.1, 0.15) is 6.33 Å². The van der Waals surface area contributed by atoms with Gasteiger partial charge in [-0.15, -0.1) is 5.10 Å². The third-order valence-corrected chi connectivity index (χ3v) is 2.05. The number of hydrogen-bond donors (Lipinski definition) is 1. The highest BCUT2D eigenvalue weighted by molar-refractivity contribution is 5.93. The lowest BCUT2D eigenvalue weighted by molar-refractivity contribution is 0.0364. The van der Waals surface area contributed by atoms with Gasteiger partial charge in [0.15, 0.2) is 0 Å². The van der Waals surface area contributed by atoms with Crippen molar-refractivity contribution in [1.29, 1.82) is 0 Å². The van der Waals surface area contributed by atoms with Crippen LogP contribution in [0.5, 0.6) is 0 Å². The molecule has 0 spiro atoms. The van der Waals surface area contributed by atoms with Crippen molar-refractivity contribution in [3.63, 3.8) is 0 Å². The molecule has 0 unspecified atom stereocenters. The summed E-state index contributed by atoms with van der Waals surface area (Å²) in [4.78, 5) is 16.3. The second-order valence-electron chi connectivity index (χ2n) is 3.17. The maximum absolute atomic E-state index is 11.5. The van der Waals surface area contributed by atoms with Crippen LogP contribution in [0.1, 0.15) is 17.3 Å². The number of aromatic nitrogens is 4. The molecular weight excluding hydrogens is 222 g/mol. The summed E-state index contributed by atoms with van der Waals surface area (Å²) in [6, 6.07) is 6.84. The van der Waals surface area contributed by atoms with Crippen molar-refractivity contribution >= 4 is 5.91 Å². The van der Waals surface area contributed by atoms with E-state index < -0.39 is 0 Å². The van der Waals surface area contributed by atoms with E-state index in [4.69, 9.17) is 4.84 Å². The zero-order valence-corrected chi connectivity index (χ0v) is 9.20. The Labute approximate surface area is 97.3 Å². The van der Waals surface area contributed by atoms with Gasteiger partial charge in [-0.25, -0.2) is 10.2 Å². The molecule has 17 heavy (non-hydrogen) atoms. The zero-order valence-electron chi connectivity index (χ0n) is 9.20. The van der Waals surface area contributed by atoms with Crippen molar-refractivity contribution in [2.75, 3.05) is 6.61 Å². The summed E-state index contributed by atoms with van der Waals surface area (Å²) in [5.41, 5.74) is 3.61. The van der Waals surface area contributed by atoms with Crippen molar-refractivity contribution in [3.05, 3.63) is 36.2 Å². The molecule has 2 rings (SSSR count). The predicted octanol–water partition coefficient (Wildman–Crippen LogP) is 0.344. The van der Waals surface area contributed by atoms with E-state index >= 15 is 0 Å². The largest absolute Gasteiger partial charge is 0.274 e. The molecule has 1 amide bonds. The van der Waals surface area contributed by atoms with E-state index in [1.165, 1.54) is 11.0 Å². The van der Waals surface area contributed by atoms with Crippen molar-refractivity contribution < 1.29 is 9.63 Å². The molecule has 1 N–H and O–H groups in total. The van der Waals surface area contributed by atoms with Crippen molar-refractivity contribution in [1.82, 2.24) is 25.7 Å². The highest BCUT2D eigenvalue weighted by Crippen LogP contribution is 2.07. The molecule has 88 valence electrons. The predicted molar refractivity (Wildman–Crippen MR) is 58.2 cm³/mol. The molecule has 0 fully saturated rings. The first kappa shape index (κ1) is 11.2. The normalized spacial score (nSPS) is 10.2. The fourth-order valence-electron chi connectivity index (χ4n) is 1.24. The van der Waals surface area contributed by atoms with Gasteiger partial charge < -0.3 is 0 Å². The first-order valence-corrected chi connectivity index (χ1v) is 5.07. The third kappa shape index (κ3) is 2.64. The minimum absolute atomic E-state index is 0.282. The first-order chi connectivity index (χ1) is 8.31. The lowest BCUT2D eigenvalue weighted by Gasteiger charge is -2.04. The number of carbonyl (C=O) groups excluding carboxylic acids is 1. The zero-order chi connectivity index (χ0) is 12.1. The number of tetrazole rings is 1. The summed E-state index contributed by atoms with van der Waals surface area (Å²) >= 11 is 0. The molecule has 1 heterocycles. The van der Waals surface area contributed by atoms with E-state index in [1.54, 1.807) is 31.2 Å². The molecule has 0 saturated carbocycles. The number of nitrogens with one attached hydrogen (secondary N) is 1. The SMILES string of the molecule is CCONC(=O)c1ccc(-n2cnnn2)cc1. The smallest absolute Gasteiger partial charge is 0.274 e. The Morgan fingerprint density at radius 2 is 2.18 bits per heavy atom. The van der Waals surface area contributed by atoms with E-state index in [2.05, 4.69) is 21.0 Å². The maximum atomic E-state index is 11.5. The number of benzene rings is 1. The van der Waals surface area contributed by atoms with Gasteiger partial charge >= 0.3 is 0 Å². The maximum Gasteiger partial charge on any atom is 0.274 e. The van der Waals surface area contributed by atoms with Gasteiger partial charge in [-0.3, -0.25) is 9.63 Å². The second kappa shape index (κ2) is 5.17. The van der Waals surface area contributed by atoms with Crippen LogP contribution in [-0.2, 0) is 4.84 Å². The van der Waals surface area contributed by atoms with Crippen molar-refractivity contribution in [3.8, 4) is 5.69 Å². The number of nitrogens with zero attached hydrogens (tertiary/aromatic N) is 4. The second-order valence-corrected chi connectivity index (χ2v) is 3.17. The number of rotatable bonds is 4. The Balaban J connectivity index is 2.10. The molecule has 0 radical (unpaired) electrons. The van der Waals surface area contributed by atoms with Crippen LogP contribution >= 0.6 is 0 Å². The van der Waals surface area contributed by atoms with Gasteiger partial charge in [0.05, 0.1) is 12.3 Å². The average molecular weight is 233 g/mol. The lowest BCUT2D eigenvalue weighted by atomic mass is 10.2. The molecule has 0 aliphatic rings. The molecule has 0 aliphatic heterocycles. The molecule has 1 aromatic carbocycles. The van der Waals surface area contributed by atoms with E-state index in [0.29, 0.717) is 12.2 Å². The molecular formula is C10H11N5O2. The third-order valence-electron chi connectivity index (χ3n) is 2.05. The summed E-state index contributed by atoms with van der Waals surface area (Å²) < 4.78 is 1.50. The monoisotopic (exact) mass is 233 g/mol. The van der Waals surface area contributed by atoms with Crippen molar-refractivity contribution in [2.24, 2.45) is 0 Å². The van der Waals surface area contributed by atoms with Gasteiger partial charge in [-0.2, -0.15) is 0 Å². The molecule has 1 aromatic heterocycles. The van der Waals surface area contributed by atoms with Gasteiger partial charge in [-0.1, -0.05) is 0 Å². The summed E-state index contributed by atoms with van der Waals surface area (Å²) in [5, 5.41) is 10.8. The van der Waals surface area contributed by atoms with Gasteiger partial charge in [0, 0.05) is 5.56 Å². The summed E-state index contributed by atoms with van der Waals surface area (Å²) in [5.74, 6) is -0.282. The molecule has 0 atom stereocenters. The van der Waals surface area contributed by atoms with Gasteiger partial charge in [-0.05, 0) is 41.6 Å². The number of carbonyl (C=O) groups is 1. The van der Waals surface area contributed by atoms with Crippen LogP contribution in [0.25, 0.3) is 5.69 Å². The fraction of sp³-hybridized carbons (Fsp3) is 0.200.